The predicted molar refractivity (Wildman–Crippen MR) is 116 cm³/mol. The van der Waals surface area contributed by atoms with Gasteiger partial charge in [-0.1, -0.05) is 48.6 Å². The van der Waals surface area contributed by atoms with Gasteiger partial charge in [-0.3, -0.25) is 0 Å². The number of hydrogen-bond acceptors (Lipinski definition) is 3. The van der Waals surface area contributed by atoms with Crippen molar-refractivity contribution in [2.24, 2.45) is 0 Å². The molecule has 3 nitrogen and oxygen atoms in total. The summed E-state index contributed by atoms with van der Waals surface area (Å²) in [6, 6.07) is 21.9. The molecular formula is C26H25FO3. The maximum Gasteiger partial charge on any atom is 0.165 e. The first-order valence-corrected chi connectivity index (χ1v) is 10.2. The molecule has 30 heavy (non-hydrogen) atoms. The molecular weight excluding hydrogens is 379 g/mol. The molecule has 0 spiro atoms. The van der Waals surface area contributed by atoms with Gasteiger partial charge in [0.15, 0.2) is 11.6 Å². The van der Waals surface area contributed by atoms with Gasteiger partial charge in [0.25, 0.3) is 0 Å². The molecule has 0 aliphatic heterocycles. The van der Waals surface area contributed by atoms with Gasteiger partial charge in [0, 0.05) is 5.41 Å². The van der Waals surface area contributed by atoms with Crippen molar-refractivity contribution in [2.45, 2.75) is 31.3 Å². The molecule has 1 atom stereocenters. The zero-order valence-corrected chi connectivity index (χ0v) is 16.9. The molecule has 154 valence electrons. The predicted octanol–water partition coefficient (Wildman–Crippen LogP) is 5.82. The zero-order valence-electron chi connectivity index (χ0n) is 16.9. The van der Waals surface area contributed by atoms with Gasteiger partial charge in [0.2, 0.25) is 0 Å². The minimum Gasteiger partial charge on any atom is -0.494 e. The summed E-state index contributed by atoms with van der Waals surface area (Å²) >= 11 is 0. The third kappa shape index (κ3) is 4.71. The number of allylic oxidation sites excluding steroid dienone is 2. The van der Waals surface area contributed by atoms with Crippen LogP contribution in [0.25, 0.3) is 0 Å². The van der Waals surface area contributed by atoms with Crippen LogP contribution in [0.1, 0.15) is 24.5 Å². The van der Waals surface area contributed by atoms with Gasteiger partial charge in [0.05, 0.1) is 12.7 Å². The molecule has 0 bridgehead atoms. The molecule has 0 amide bonds. The van der Waals surface area contributed by atoms with Crippen molar-refractivity contribution in [1.29, 1.82) is 0 Å². The van der Waals surface area contributed by atoms with E-state index in [2.05, 4.69) is 12.2 Å². The summed E-state index contributed by atoms with van der Waals surface area (Å²) in [4.78, 5) is 0. The summed E-state index contributed by atoms with van der Waals surface area (Å²) in [6.07, 6.45) is 4.65. The number of para-hydroxylation sites is 1. The van der Waals surface area contributed by atoms with E-state index in [0.29, 0.717) is 25.2 Å². The van der Waals surface area contributed by atoms with Crippen LogP contribution in [-0.4, -0.2) is 17.8 Å². The number of ether oxygens (including phenoxy) is 2. The van der Waals surface area contributed by atoms with Crippen molar-refractivity contribution in [3.63, 3.8) is 0 Å². The first kappa shape index (κ1) is 20.2. The Morgan fingerprint density at radius 3 is 2.33 bits per heavy atom. The molecule has 1 N–H and O–H groups in total. The molecule has 1 aliphatic carbocycles. The van der Waals surface area contributed by atoms with Gasteiger partial charge in [-0.25, -0.2) is 4.39 Å². The van der Waals surface area contributed by atoms with Crippen LogP contribution in [0.5, 0.6) is 17.2 Å². The lowest BCUT2D eigenvalue weighted by Crippen LogP contribution is -2.21. The SMILES string of the molecule is CCOc1ccc(C2(CC(O)Cc3ccc(F)c(Oc4ccccc4)c3)C=C2)cc1. The minimum absolute atomic E-state index is 0.164. The van der Waals surface area contributed by atoms with E-state index in [1.807, 2.05) is 49.4 Å². The maximum atomic E-state index is 14.2. The monoisotopic (exact) mass is 404 g/mol. The van der Waals surface area contributed by atoms with Gasteiger partial charge in [0.1, 0.15) is 11.5 Å². The molecule has 4 heteroatoms. The number of aliphatic hydroxyl groups is 1. The summed E-state index contributed by atoms with van der Waals surface area (Å²) in [5.41, 5.74) is 1.75. The van der Waals surface area contributed by atoms with Crippen molar-refractivity contribution >= 4 is 0 Å². The lowest BCUT2D eigenvalue weighted by Gasteiger charge is -2.21. The van der Waals surface area contributed by atoms with Crippen LogP contribution in [-0.2, 0) is 11.8 Å². The van der Waals surface area contributed by atoms with Crippen LogP contribution in [0.2, 0.25) is 0 Å². The summed E-state index contributed by atoms with van der Waals surface area (Å²) in [6.45, 7) is 2.59. The molecule has 0 heterocycles. The molecule has 4 rings (SSSR count). The number of hydrogen-bond donors (Lipinski definition) is 1. The maximum absolute atomic E-state index is 14.2. The van der Waals surface area contributed by atoms with Crippen LogP contribution >= 0.6 is 0 Å². The Balaban J connectivity index is 1.41. The molecule has 1 unspecified atom stereocenters. The van der Waals surface area contributed by atoms with E-state index in [9.17, 15) is 9.50 Å². The van der Waals surface area contributed by atoms with Crippen molar-refractivity contribution in [1.82, 2.24) is 0 Å². The van der Waals surface area contributed by atoms with Gasteiger partial charge in [-0.15, -0.1) is 0 Å². The Bertz CT molecular complexity index is 1010. The van der Waals surface area contributed by atoms with E-state index < -0.39 is 11.9 Å². The van der Waals surface area contributed by atoms with Gasteiger partial charge in [-0.05, 0) is 67.3 Å². The van der Waals surface area contributed by atoms with Crippen LogP contribution < -0.4 is 9.47 Å². The van der Waals surface area contributed by atoms with Crippen LogP contribution in [0.15, 0.2) is 84.9 Å². The second-order valence-electron chi connectivity index (χ2n) is 7.57. The highest BCUT2D eigenvalue weighted by Crippen LogP contribution is 2.43. The highest BCUT2D eigenvalue weighted by atomic mass is 19.1. The third-order valence-electron chi connectivity index (χ3n) is 5.28. The number of aliphatic hydroxyl groups excluding tert-OH is 1. The molecule has 0 radical (unpaired) electrons. The average molecular weight is 404 g/mol. The summed E-state index contributed by atoms with van der Waals surface area (Å²) < 4.78 is 25.3. The Morgan fingerprint density at radius 1 is 0.933 bits per heavy atom. The molecule has 3 aromatic rings. The molecule has 1 aliphatic rings. The van der Waals surface area contributed by atoms with Crippen LogP contribution in [0, 0.1) is 5.82 Å². The van der Waals surface area contributed by atoms with Crippen molar-refractivity contribution in [3.8, 4) is 17.2 Å². The first-order chi connectivity index (χ1) is 14.6. The minimum atomic E-state index is -0.568. The second-order valence-corrected chi connectivity index (χ2v) is 7.57. The Labute approximate surface area is 176 Å². The largest absolute Gasteiger partial charge is 0.494 e. The Morgan fingerprint density at radius 2 is 1.67 bits per heavy atom. The topological polar surface area (TPSA) is 38.7 Å². The highest BCUT2D eigenvalue weighted by Gasteiger charge is 2.37. The van der Waals surface area contributed by atoms with Gasteiger partial charge in [-0.2, -0.15) is 0 Å². The quantitative estimate of drug-likeness (QED) is 0.457. The van der Waals surface area contributed by atoms with E-state index in [-0.39, 0.29) is 11.2 Å². The van der Waals surface area contributed by atoms with E-state index in [0.717, 1.165) is 16.9 Å². The standard InChI is InChI=1S/C26H25FO3/c1-2-29-22-11-9-20(10-12-22)26(14-15-26)18-21(28)16-19-8-13-24(27)25(17-19)30-23-6-4-3-5-7-23/h3-15,17,21,28H,2,16,18H2,1H3. The van der Waals surface area contributed by atoms with Crippen molar-refractivity contribution in [3.05, 3.63) is 102 Å². The number of benzene rings is 3. The summed E-state index contributed by atoms with van der Waals surface area (Å²) in [5, 5.41) is 10.7. The second kappa shape index (κ2) is 8.72. The molecule has 0 aromatic heterocycles. The summed E-state index contributed by atoms with van der Waals surface area (Å²) in [5.74, 6) is 1.16. The normalized spacial score (nSPS) is 14.9. The molecule has 0 fully saturated rings. The fourth-order valence-corrected chi connectivity index (χ4v) is 3.68. The van der Waals surface area contributed by atoms with Crippen molar-refractivity contribution in [2.75, 3.05) is 6.61 Å². The Kier molecular flexibility index (Phi) is 5.86. The van der Waals surface area contributed by atoms with Gasteiger partial charge >= 0.3 is 0 Å². The first-order valence-electron chi connectivity index (χ1n) is 10.2. The van der Waals surface area contributed by atoms with Crippen LogP contribution in [0.3, 0.4) is 0 Å². The number of halogens is 1. The third-order valence-corrected chi connectivity index (χ3v) is 5.28. The van der Waals surface area contributed by atoms with E-state index >= 15 is 0 Å². The fourth-order valence-electron chi connectivity index (χ4n) is 3.68. The molecule has 0 saturated heterocycles. The fraction of sp³-hybridized carbons (Fsp3) is 0.231. The average Bonchev–Trinajstić information content (AvgIpc) is 3.52. The van der Waals surface area contributed by atoms with E-state index in [1.54, 1.807) is 24.3 Å². The van der Waals surface area contributed by atoms with E-state index in [4.69, 9.17) is 9.47 Å². The van der Waals surface area contributed by atoms with Crippen molar-refractivity contribution < 1.29 is 19.0 Å². The molecule has 3 aromatic carbocycles. The van der Waals surface area contributed by atoms with E-state index in [1.165, 1.54) is 6.07 Å². The number of rotatable bonds is 9. The lowest BCUT2D eigenvalue weighted by atomic mass is 9.86. The lowest BCUT2D eigenvalue weighted by molar-refractivity contribution is 0.155. The summed E-state index contributed by atoms with van der Waals surface area (Å²) in [7, 11) is 0. The van der Waals surface area contributed by atoms with Gasteiger partial charge < -0.3 is 14.6 Å². The molecule has 0 saturated carbocycles. The zero-order chi connectivity index (χ0) is 21.0. The Hall–Kier alpha value is -3.11. The highest BCUT2D eigenvalue weighted by molar-refractivity contribution is 5.49. The smallest absolute Gasteiger partial charge is 0.165 e. The van der Waals surface area contributed by atoms with Crippen LogP contribution in [0.4, 0.5) is 4.39 Å².